The molecule has 0 radical (unpaired) electrons. The fraction of sp³-hybridized carbons (Fsp3) is 0.429. The molecule has 0 N–H and O–H groups in total. The van der Waals surface area contributed by atoms with E-state index in [1.165, 1.54) is 6.39 Å². The van der Waals surface area contributed by atoms with Crippen molar-refractivity contribution in [1.82, 2.24) is 4.98 Å². The zero-order valence-electron chi connectivity index (χ0n) is 5.78. The second-order valence-corrected chi connectivity index (χ2v) is 2.30. The SMILES string of the molecule is CC(C=O)Cc1cocn1. The molecule has 0 saturated carbocycles. The molecule has 0 spiro atoms. The first-order valence-electron chi connectivity index (χ1n) is 3.15. The highest BCUT2D eigenvalue weighted by Crippen LogP contribution is 2.02. The second kappa shape index (κ2) is 3.15. The molecule has 0 aliphatic heterocycles. The molecule has 0 aliphatic rings. The van der Waals surface area contributed by atoms with Crippen LogP contribution in [-0.4, -0.2) is 11.3 Å². The van der Waals surface area contributed by atoms with Crippen LogP contribution in [0.15, 0.2) is 17.1 Å². The zero-order valence-corrected chi connectivity index (χ0v) is 5.78. The molecule has 0 aliphatic carbocycles. The van der Waals surface area contributed by atoms with Gasteiger partial charge >= 0.3 is 0 Å². The highest BCUT2D eigenvalue weighted by Gasteiger charge is 2.02. The molecule has 3 nitrogen and oxygen atoms in total. The van der Waals surface area contributed by atoms with Crippen molar-refractivity contribution in [3.8, 4) is 0 Å². The molecule has 1 aromatic rings. The van der Waals surface area contributed by atoms with Gasteiger partial charge in [0, 0.05) is 12.3 Å². The van der Waals surface area contributed by atoms with E-state index in [9.17, 15) is 4.79 Å². The monoisotopic (exact) mass is 139 g/mol. The van der Waals surface area contributed by atoms with E-state index in [0.29, 0.717) is 6.42 Å². The summed E-state index contributed by atoms with van der Waals surface area (Å²) >= 11 is 0. The maximum absolute atomic E-state index is 10.2. The molecule has 10 heavy (non-hydrogen) atoms. The lowest BCUT2D eigenvalue weighted by Crippen LogP contribution is -2.00. The van der Waals surface area contributed by atoms with E-state index in [0.717, 1.165) is 12.0 Å². The first kappa shape index (κ1) is 6.99. The largest absolute Gasteiger partial charge is 0.451 e. The van der Waals surface area contributed by atoms with Crippen molar-refractivity contribution in [3.63, 3.8) is 0 Å². The molecule has 0 amide bonds. The summed E-state index contributed by atoms with van der Waals surface area (Å²) < 4.78 is 4.73. The van der Waals surface area contributed by atoms with Gasteiger partial charge in [0.2, 0.25) is 0 Å². The Morgan fingerprint density at radius 2 is 2.70 bits per heavy atom. The van der Waals surface area contributed by atoms with Crippen molar-refractivity contribution in [2.45, 2.75) is 13.3 Å². The van der Waals surface area contributed by atoms with E-state index >= 15 is 0 Å². The first-order valence-corrected chi connectivity index (χ1v) is 3.15. The second-order valence-electron chi connectivity index (χ2n) is 2.30. The van der Waals surface area contributed by atoms with E-state index in [-0.39, 0.29) is 5.92 Å². The number of aldehydes is 1. The van der Waals surface area contributed by atoms with Crippen LogP contribution in [0.3, 0.4) is 0 Å². The predicted molar refractivity (Wildman–Crippen MR) is 35.4 cm³/mol. The lowest BCUT2D eigenvalue weighted by molar-refractivity contribution is -0.110. The lowest BCUT2D eigenvalue weighted by atomic mass is 10.1. The van der Waals surface area contributed by atoms with Crippen LogP contribution in [0.25, 0.3) is 0 Å². The normalized spacial score (nSPS) is 12.9. The molecule has 1 aromatic heterocycles. The molecule has 54 valence electrons. The molecule has 1 unspecified atom stereocenters. The van der Waals surface area contributed by atoms with Gasteiger partial charge in [-0.2, -0.15) is 0 Å². The van der Waals surface area contributed by atoms with E-state index in [2.05, 4.69) is 4.98 Å². The van der Waals surface area contributed by atoms with Crippen LogP contribution in [0.5, 0.6) is 0 Å². The van der Waals surface area contributed by atoms with E-state index < -0.39 is 0 Å². The third-order valence-electron chi connectivity index (χ3n) is 1.25. The molecule has 0 aromatic carbocycles. The summed E-state index contributed by atoms with van der Waals surface area (Å²) in [5, 5.41) is 0. The summed E-state index contributed by atoms with van der Waals surface area (Å²) in [5.41, 5.74) is 0.833. The van der Waals surface area contributed by atoms with Gasteiger partial charge in [-0.3, -0.25) is 0 Å². The van der Waals surface area contributed by atoms with Gasteiger partial charge in [0.25, 0.3) is 0 Å². The van der Waals surface area contributed by atoms with Crippen molar-refractivity contribution < 1.29 is 9.21 Å². The van der Waals surface area contributed by atoms with Crippen LogP contribution in [0.4, 0.5) is 0 Å². The third kappa shape index (κ3) is 1.69. The summed E-state index contributed by atoms with van der Waals surface area (Å²) in [6.45, 7) is 1.85. The van der Waals surface area contributed by atoms with Crippen LogP contribution in [0.1, 0.15) is 12.6 Å². The smallest absolute Gasteiger partial charge is 0.180 e. The first-order chi connectivity index (χ1) is 4.83. The number of rotatable bonds is 3. The maximum atomic E-state index is 10.2. The molecular formula is C7H9NO2. The van der Waals surface area contributed by atoms with Gasteiger partial charge in [-0.05, 0) is 0 Å². The topological polar surface area (TPSA) is 43.1 Å². The Labute approximate surface area is 59.1 Å². The molecule has 1 heterocycles. The summed E-state index contributed by atoms with van der Waals surface area (Å²) in [6.07, 6.45) is 4.50. The molecule has 0 saturated heterocycles. The fourth-order valence-corrected chi connectivity index (χ4v) is 0.716. The predicted octanol–water partition coefficient (Wildman–Crippen LogP) is 1.05. The average molecular weight is 139 g/mol. The minimum absolute atomic E-state index is 0.0325. The van der Waals surface area contributed by atoms with Crippen molar-refractivity contribution in [1.29, 1.82) is 0 Å². The van der Waals surface area contributed by atoms with Crippen LogP contribution in [-0.2, 0) is 11.2 Å². The van der Waals surface area contributed by atoms with Crippen molar-refractivity contribution in [2.75, 3.05) is 0 Å². The number of oxazole rings is 1. The number of hydrogen-bond acceptors (Lipinski definition) is 3. The summed E-state index contributed by atoms with van der Waals surface area (Å²) in [7, 11) is 0. The Morgan fingerprint density at radius 3 is 3.20 bits per heavy atom. The molecular weight excluding hydrogens is 130 g/mol. The van der Waals surface area contributed by atoms with Crippen LogP contribution >= 0.6 is 0 Å². The Morgan fingerprint density at radius 1 is 1.90 bits per heavy atom. The van der Waals surface area contributed by atoms with Gasteiger partial charge in [-0.1, -0.05) is 6.92 Å². The summed E-state index contributed by atoms with van der Waals surface area (Å²) in [4.78, 5) is 14.1. The number of carbonyl (C=O) groups excluding carboxylic acids is 1. The van der Waals surface area contributed by atoms with Crippen molar-refractivity contribution in [2.24, 2.45) is 5.92 Å². The highest BCUT2D eigenvalue weighted by atomic mass is 16.3. The summed E-state index contributed by atoms with van der Waals surface area (Å²) in [6, 6.07) is 0. The van der Waals surface area contributed by atoms with Crippen LogP contribution in [0.2, 0.25) is 0 Å². The average Bonchev–Trinajstić information content (AvgIpc) is 2.40. The Kier molecular flexibility index (Phi) is 2.20. The zero-order chi connectivity index (χ0) is 7.40. The van der Waals surface area contributed by atoms with Crippen LogP contribution in [0, 0.1) is 5.92 Å². The number of nitrogens with zero attached hydrogens (tertiary/aromatic N) is 1. The molecule has 0 fully saturated rings. The van der Waals surface area contributed by atoms with E-state index in [4.69, 9.17) is 4.42 Å². The van der Waals surface area contributed by atoms with Gasteiger partial charge < -0.3 is 9.21 Å². The molecule has 1 atom stereocenters. The Hall–Kier alpha value is -1.12. The minimum Gasteiger partial charge on any atom is -0.451 e. The van der Waals surface area contributed by atoms with E-state index in [1.807, 2.05) is 6.92 Å². The summed E-state index contributed by atoms with van der Waals surface area (Å²) in [5.74, 6) is 0.0325. The molecule has 3 heteroatoms. The number of aromatic nitrogens is 1. The molecule has 1 rings (SSSR count). The fourth-order valence-electron chi connectivity index (χ4n) is 0.716. The van der Waals surface area contributed by atoms with Gasteiger partial charge in [0.1, 0.15) is 12.5 Å². The number of carbonyl (C=O) groups is 1. The quantitative estimate of drug-likeness (QED) is 0.588. The maximum Gasteiger partial charge on any atom is 0.180 e. The molecule has 0 bridgehead atoms. The number of hydrogen-bond donors (Lipinski definition) is 0. The Bertz CT molecular complexity index is 193. The standard InChI is InChI=1S/C7H9NO2/c1-6(3-9)2-7-4-10-5-8-7/h3-6H,2H2,1H3. The van der Waals surface area contributed by atoms with Crippen molar-refractivity contribution >= 4 is 6.29 Å². The minimum atomic E-state index is 0.0325. The Balaban J connectivity index is 2.47. The lowest BCUT2D eigenvalue weighted by Gasteiger charge is -1.95. The van der Waals surface area contributed by atoms with Gasteiger partial charge in [-0.25, -0.2) is 4.98 Å². The van der Waals surface area contributed by atoms with Gasteiger partial charge in [0.05, 0.1) is 5.69 Å². The highest BCUT2D eigenvalue weighted by molar-refractivity contribution is 5.53. The van der Waals surface area contributed by atoms with Gasteiger partial charge in [-0.15, -0.1) is 0 Å². The third-order valence-corrected chi connectivity index (χ3v) is 1.25. The van der Waals surface area contributed by atoms with Crippen molar-refractivity contribution in [3.05, 3.63) is 18.4 Å². The van der Waals surface area contributed by atoms with E-state index in [1.54, 1.807) is 6.26 Å². The van der Waals surface area contributed by atoms with Gasteiger partial charge in [0.15, 0.2) is 6.39 Å². The van der Waals surface area contributed by atoms with Crippen LogP contribution < -0.4 is 0 Å².